The van der Waals surface area contributed by atoms with Gasteiger partial charge in [0, 0.05) is 0 Å². The standard InChI is InChI=1S/C8H8F3NO4S2/c1-17(13,14)12(7-5-3-2-4-6-7)18(15,16)8(9,10)11/h2-6H,1H3. The molecular weight excluding hydrogens is 295 g/mol. The minimum Gasteiger partial charge on any atom is -0.206 e. The molecule has 0 heterocycles. The molecule has 1 rings (SSSR count). The molecule has 0 atom stereocenters. The number of halogens is 3. The Morgan fingerprint density at radius 2 is 1.44 bits per heavy atom. The van der Waals surface area contributed by atoms with Crippen molar-refractivity contribution in [2.75, 3.05) is 9.97 Å². The van der Waals surface area contributed by atoms with Crippen molar-refractivity contribution >= 4 is 25.7 Å². The maximum absolute atomic E-state index is 12.4. The summed E-state index contributed by atoms with van der Waals surface area (Å²) in [5.41, 5.74) is -6.30. The lowest BCUT2D eigenvalue weighted by Gasteiger charge is -2.22. The largest absolute Gasteiger partial charge is 0.517 e. The molecule has 0 unspecified atom stereocenters. The van der Waals surface area contributed by atoms with Crippen molar-refractivity contribution in [1.82, 2.24) is 0 Å². The van der Waals surface area contributed by atoms with Crippen LogP contribution in [0.2, 0.25) is 0 Å². The number of hydrogen-bond donors (Lipinski definition) is 0. The molecule has 0 aliphatic carbocycles. The van der Waals surface area contributed by atoms with Gasteiger partial charge in [-0.1, -0.05) is 18.2 Å². The van der Waals surface area contributed by atoms with Crippen LogP contribution in [-0.2, 0) is 20.0 Å². The quantitative estimate of drug-likeness (QED) is 0.844. The van der Waals surface area contributed by atoms with Crippen molar-refractivity contribution in [2.45, 2.75) is 5.51 Å². The zero-order valence-corrected chi connectivity index (χ0v) is 10.6. The molecule has 0 spiro atoms. The summed E-state index contributed by atoms with van der Waals surface area (Å²) in [5.74, 6) is 0. The summed E-state index contributed by atoms with van der Waals surface area (Å²) in [4.78, 5) is 0. The van der Waals surface area contributed by atoms with Crippen molar-refractivity contribution < 1.29 is 30.0 Å². The number of para-hydroxylation sites is 1. The van der Waals surface area contributed by atoms with E-state index in [4.69, 9.17) is 0 Å². The Bertz CT molecular complexity index is 622. The summed E-state index contributed by atoms with van der Waals surface area (Å²) in [7, 11) is -10.6. The van der Waals surface area contributed by atoms with Gasteiger partial charge in [0.25, 0.3) is 0 Å². The van der Waals surface area contributed by atoms with Gasteiger partial charge in [0.15, 0.2) is 0 Å². The molecular formula is C8H8F3NO4S2. The normalized spacial score (nSPS) is 13.3. The highest BCUT2D eigenvalue weighted by Gasteiger charge is 2.53. The van der Waals surface area contributed by atoms with E-state index in [1.165, 1.54) is 18.2 Å². The van der Waals surface area contributed by atoms with E-state index < -0.39 is 35.0 Å². The van der Waals surface area contributed by atoms with Gasteiger partial charge in [0.2, 0.25) is 10.0 Å². The summed E-state index contributed by atoms with van der Waals surface area (Å²) in [6.45, 7) is 0. The zero-order chi connectivity index (χ0) is 14.2. The van der Waals surface area contributed by atoms with Crippen molar-refractivity contribution in [3.8, 4) is 0 Å². The molecule has 0 radical (unpaired) electrons. The molecule has 0 aromatic heterocycles. The van der Waals surface area contributed by atoms with E-state index >= 15 is 0 Å². The van der Waals surface area contributed by atoms with E-state index in [0.717, 1.165) is 12.1 Å². The Labute approximate surface area is 102 Å². The van der Waals surface area contributed by atoms with E-state index in [0.29, 0.717) is 6.26 Å². The molecule has 102 valence electrons. The van der Waals surface area contributed by atoms with Crippen LogP contribution < -0.4 is 3.71 Å². The topological polar surface area (TPSA) is 71.5 Å². The molecule has 1 aromatic carbocycles. The van der Waals surface area contributed by atoms with Crippen LogP contribution in [0.5, 0.6) is 0 Å². The average Bonchev–Trinajstić information content (AvgIpc) is 2.14. The van der Waals surface area contributed by atoms with Crippen LogP contribution >= 0.6 is 0 Å². The maximum atomic E-state index is 12.4. The maximum Gasteiger partial charge on any atom is 0.517 e. The number of hydrogen-bond acceptors (Lipinski definition) is 4. The molecule has 5 nitrogen and oxygen atoms in total. The molecule has 0 N–H and O–H groups in total. The lowest BCUT2D eigenvalue weighted by Crippen LogP contribution is -2.44. The molecule has 0 fully saturated rings. The minimum absolute atomic E-state index is 0.378. The molecule has 0 bridgehead atoms. The third kappa shape index (κ3) is 2.75. The van der Waals surface area contributed by atoms with Crippen LogP contribution in [0, 0.1) is 0 Å². The number of anilines is 1. The summed E-state index contributed by atoms with van der Waals surface area (Å²) in [5, 5.41) is 0. The number of benzene rings is 1. The van der Waals surface area contributed by atoms with Crippen molar-refractivity contribution in [3.63, 3.8) is 0 Å². The molecule has 0 aliphatic rings. The third-order valence-electron chi connectivity index (χ3n) is 1.78. The van der Waals surface area contributed by atoms with Crippen LogP contribution in [0.15, 0.2) is 30.3 Å². The number of rotatable bonds is 3. The number of alkyl halides is 3. The molecule has 0 saturated carbocycles. The van der Waals surface area contributed by atoms with Crippen molar-refractivity contribution in [3.05, 3.63) is 30.3 Å². The smallest absolute Gasteiger partial charge is 0.206 e. The Balaban J connectivity index is 3.54. The second kappa shape index (κ2) is 4.43. The highest BCUT2D eigenvalue weighted by molar-refractivity contribution is 8.10. The lowest BCUT2D eigenvalue weighted by atomic mass is 10.3. The molecule has 1 aromatic rings. The fourth-order valence-electron chi connectivity index (χ4n) is 1.15. The van der Waals surface area contributed by atoms with E-state index in [2.05, 4.69) is 0 Å². The van der Waals surface area contributed by atoms with Gasteiger partial charge in [-0.05, 0) is 12.1 Å². The van der Waals surface area contributed by atoms with Gasteiger partial charge < -0.3 is 0 Å². The van der Waals surface area contributed by atoms with Crippen molar-refractivity contribution in [1.29, 1.82) is 0 Å². The SMILES string of the molecule is CS(=O)(=O)N(c1ccccc1)S(=O)(=O)C(F)(F)F. The second-order valence-corrected chi connectivity index (χ2v) is 7.09. The Morgan fingerprint density at radius 1 is 1.00 bits per heavy atom. The predicted molar refractivity (Wildman–Crippen MR) is 58.7 cm³/mol. The predicted octanol–water partition coefficient (Wildman–Crippen LogP) is 1.30. The molecule has 0 amide bonds. The third-order valence-corrected chi connectivity index (χ3v) is 5.23. The summed E-state index contributed by atoms with van der Waals surface area (Å²) in [6, 6.07) is 5.75. The van der Waals surface area contributed by atoms with Gasteiger partial charge >= 0.3 is 15.5 Å². The highest BCUT2D eigenvalue weighted by atomic mass is 32.3. The van der Waals surface area contributed by atoms with Crippen LogP contribution in [0.4, 0.5) is 18.9 Å². The fourth-order valence-corrected chi connectivity index (χ4v) is 3.92. The number of sulfonamides is 2. The van der Waals surface area contributed by atoms with Crippen LogP contribution in [-0.4, -0.2) is 28.6 Å². The van der Waals surface area contributed by atoms with E-state index in [1.54, 1.807) is 0 Å². The first-order valence-corrected chi connectivity index (χ1v) is 7.63. The van der Waals surface area contributed by atoms with Gasteiger partial charge in [-0.3, -0.25) is 0 Å². The Kier molecular flexibility index (Phi) is 3.63. The van der Waals surface area contributed by atoms with Crippen LogP contribution in [0.3, 0.4) is 0 Å². The van der Waals surface area contributed by atoms with Gasteiger partial charge in [0.1, 0.15) is 0 Å². The zero-order valence-electron chi connectivity index (χ0n) is 8.92. The second-order valence-electron chi connectivity index (χ2n) is 3.25. The molecule has 0 saturated heterocycles. The highest BCUT2D eigenvalue weighted by Crippen LogP contribution is 2.32. The van der Waals surface area contributed by atoms with E-state index in [9.17, 15) is 30.0 Å². The first-order valence-electron chi connectivity index (χ1n) is 4.35. The van der Waals surface area contributed by atoms with Gasteiger partial charge in [-0.25, -0.2) is 8.42 Å². The van der Waals surface area contributed by atoms with Gasteiger partial charge in [-0.15, -0.1) is 0 Å². The molecule has 0 aliphatic heterocycles. The van der Waals surface area contributed by atoms with E-state index in [1.807, 2.05) is 0 Å². The first-order chi connectivity index (χ1) is 7.98. The summed E-state index contributed by atoms with van der Waals surface area (Å²) < 4.78 is 81.6. The lowest BCUT2D eigenvalue weighted by molar-refractivity contribution is -0.0434. The Hall–Kier alpha value is -1.29. The fraction of sp³-hybridized carbons (Fsp3) is 0.250. The summed E-state index contributed by atoms with van der Waals surface area (Å²) >= 11 is 0. The average molecular weight is 303 g/mol. The van der Waals surface area contributed by atoms with Gasteiger partial charge in [-0.2, -0.15) is 25.3 Å². The molecule has 10 heteroatoms. The van der Waals surface area contributed by atoms with Gasteiger partial charge in [0.05, 0.1) is 11.9 Å². The van der Waals surface area contributed by atoms with Crippen LogP contribution in [0.1, 0.15) is 0 Å². The Morgan fingerprint density at radius 3 is 1.78 bits per heavy atom. The minimum atomic E-state index is -6.00. The van der Waals surface area contributed by atoms with Crippen molar-refractivity contribution in [2.24, 2.45) is 0 Å². The summed E-state index contributed by atoms with van der Waals surface area (Å²) in [6.07, 6.45) is 0.378. The monoisotopic (exact) mass is 303 g/mol. The van der Waals surface area contributed by atoms with E-state index in [-0.39, 0.29) is 0 Å². The van der Waals surface area contributed by atoms with Crippen LogP contribution in [0.25, 0.3) is 0 Å². The number of nitrogens with zero attached hydrogens (tertiary/aromatic N) is 1. The first kappa shape index (κ1) is 14.8. The molecule has 18 heavy (non-hydrogen) atoms.